The molecule has 4 nitrogen and oxygen atoms in total. The number of benzene rings is 8. The standard InChI is InChI=1S/C54H36N4/c1-4-18-37(19-5-1)47-36-48(56-54(55-47)38-20-6-2-7-21-38)41-24-16-22-39(34-41)40-23-17-27-43(35-40)57-49-31-13-10-28-44(49)52-45-29-11-14-32-50(45)58(42-25-8-3-9-26-42)53(52)46-30-12-15-33-51(46)57/h1-36H. The highest BCUT2D eigenvalue weighted by molar-refractivity contribution is 6.13. The van der Waals surface area contributed by atoms with Gasteiger partial charge in [-0.2, -0.15) is 0 Å². The number of anilines is 3. The van der Waals surface area contributed by atoms with Crippen molar-refractivity contribution in [3.63, 3.8) is 0 Å². The summed E-state index contributed by atoms with van der Waals surface area (Å²) in [7, 11) is 0. The van der Waals surface area contributed by atoms with Crippen molar-refractivity contribution in [1.29, 1.82) is 0 Å². The first-order chi connectivity index (χ1) is 28.8. The number of para-hydroxylation sites is 4. The smallest absolute Gasteiger partial charge is 0.160 e. The predicted octanol–water partition coefficient (Wildman–Crippen LogP) is 14.2. The van der Waals surface area contributed by atoms with Crippen LogP contribution in [0.4, 0.5) is 17.1 Å². The molecule has 0 atom stereocenters. The summed E-state index contributed by atoms with van der Waals surface area (Å²) in [6.45, 7) is 0. The van der Waals surface area contributed by atoms with E-state index in [1.807, 2.05) is 24.3 Å². The van der Waals surface area contributed by atoms with Gasteiger partial charge in [0.05, 0.1) is 34.0 Å². The third-order valence-corrected chi connectivity index (χ3v) is 11.1. The number of fused-ring (bicyclic) bond motifs is 7. The predicted molar refractivity (Wildman–Crippen MR) is 240 cm³/mol. The minimum absolute atomic E-state index is 0.705. The summed E-state index contributed by atoms with van der Waals surface area (Å²) in [5, 5.41) is 1.23. The average molecular weight is 741 g/mol. The first-order valence-corrected chi connectivity index (χ1v) is 19.7. The van der Waals surface area contributed by atoms with Crippen molar-refractivity contribution in [2.75, 3.05) is 4.90 Å². The van der Waals surface area contributed by atoms with Gasteiger partial charge in [-0.3, -0.25) is 0 Å². The molecule has 0 amide bonds. The molecule has 0 saturated heterocycles. The Morgan fingerprint density at radius 2 is 0.862 bits per heavy atom. The second-order valence-corrected chi connectivity index (χ2v) is 14.6. The van der Waals surface area contributed by atoms with Crippen molar-refractivity contribution in [3.8, 4) is 73.1 Å². The Labute approximate surface area is 337 Å². The van der Waals surface area contributed by atoms with Gasteiger partial charge in [-0.25, -0.2) is 9.97 Å². The molecule has 0 radical (unpaired) electrons. The molecule has 1 aliphatic heterocycles. The summed E-state index contributed by atoms with van der Waals surface area (Å²) in [5.41, 5.74) is 17.6. The number of hydrogen-bond donors (Lipinski definition) is 0. The van der Waals surface area contributed by atoms with Gasteiger partial charge in [-0.15, -0.1) is 0 Å². The van der Waals surface area contributed by atoms with Gasteiger partial charge in [0.1, 0.15) is 0 Å². The summed E-state index contributed by atoms with van der Waals surface area (Å²) >= 11 is 0. The molecule has 1 aliphatic rings. The number of hydrogen-bond acceptors (Lipinski definition) is 3. The highest BCUT2D eigenvalue weighted by Crippen LogP contribution is 2.54. The fourth-order valence-electron chi connectivity index (χ4n) is 8.52. The van der Waals surface area contributed by atoms with E-state index in [2.05, 4.69) is 204 Å². The van der Waals surface area contributed by atoms with Crippen LogP contribution in [0.15, 0.2) is 218 Å². The van der Waals surface area contributed by atoms with E-state index in [9.17, 15) is 0 Å². The van der Waals surface area contributed by atoms with Crippen LogP contribution in [-0.4, -0.2) is 14.5 Å². The first kappa shape index (κ1) is 33.5. The molecule has 0 saturated carbocycles. The van der Waals surface area contributed by atoms with E-state index in [-0.39, 0.29) is 0 Å². The first-order valence-electron chi connectivity index (χ1n) is 19.7. The van der Waals surface area contributed by atoms with Crippen molar-refractivity contribution in [1.82, 2.24) is 14.5 Å². The van der Waals surface area contributed by atoms with Gasteiger partial charge < -0.3 is 9.47 Å². The fourth-order valence-corrected chi connectivity index (χ4v) is 8.52. The molecule has 4 heteroatoms. The third-order valence-electron chi connectivity index (χ3n) is 11.1. The fraction of sp³-hybridized carbons (Fsp3) is 0. The van der Waals surface area contributed by atoms with Gasteiger partial charge in [0.15, 0.2) is 5.82 Å². The molecule has 0 unspecified atom stereocenters. The maximum atomic E-state index is 5.13. The summed E-state index contributed by atoms with van der Waals surface area (Å²) in [6.07, 6.45) is 0. The lowest BCUT2D eigenvalue weighted by atomic mass is 9.98. The molecular formula is C54H36N4. The molecule has 8 aromatic carbocycles. The van der Waals surface area contributed by atoms with Gasteiger partial charge >= 0.3 is 0 Å². The molecule has 0 N–H and O–H groups in total. The zero-order chi connectivity index (χ0) is 38.4. The lowest BCUT2D eigenvalue weighted by Gasteiger charge is -2.28. The summed E-state index contributed by atoms with van der Waals surface area (Å²) in [6, 6.07) is 77.5. The molecule has 0 fully saturated rings. The van der Waals surface area contributed by atoms with Gasteiger partial charge in [0.2, 0.25) is 0 Å². The molecule has 3 heterocycles. The topological polar surface area (TPSA) is 34.0 Å². The summed E-state index contributed by atoms with van der Waals surface area (Å²) in [5.74, 6) is 0.705. The van der Waals surface area contributed by atoms with Crippen LogP contribution in [0.5, 0.6) is 0 Å². The number of aromatic nitrogens is 3. The maximum Gasteiger partial charge on any atom is 0.160 e. The molecule has 2 aromatic heterocycles. The van der Waals surface area contributed by atoms with Crippen LogP contribution in [0.25, 0.3) is 84.0 Å². The zero-order valence-corrected chi connectivity index (χ0v) is 31.6. The molecule has 10 aromatic rings. The van der Waals surface area contributed by atoms with Crippen LogP contribution in [0.1, 0.15) is 0 Å². The highest BCUT2D eigenvalue weighted by atomic mass is 15.2. The molecule has 0 aliphatic carbocycles. The zero-order valence-electron chi connectivity index (χ0n) is 31.6. The Morgan fingerprint density at radius 1 is 0.345 bits per heavy atom. The molecule has 0 spiro atoms. The van der Waals surface area contributed by atoms with Gasteiger partial charge in [0.25, 0.3) is 0 Å². The van der Waals surface area contributed by atoms with Crippen LogP contribution in [0.3, 0.4) is 0 Å². The van der Waals surface area contributed by atoms with Crippen molar-refractivity contribution in [3.05, 3.63) is 218 Å². The highest BCUT2D eigenvalue weighted by Gasteiger charge is 2.31. The Balaban J connectivity index is 1.07. The molecule has 272 valence electrons. The van der Waals surface area contributed by atoms with E-state index >= 15 is 0 Å². The third kappa shape index (κ3) is 5.70. The molecule has 58 heavy (non-hydrogen) atoms. The van der Waals surface area contributed by atoms with Crippen LogP contribution in [-0.2, 0) is 0 Å². The molecular weight excluding hydrogens is 705 g/mol. The summed E-state index contributed by atoms with van der Waals surface area (Å²) < 4.78 is 2.44. The van der Waals surface area contributed by atoms with Crippen molar-refractivity contribution in [2.24, 2.45) is 0 Å². The second kappa shape index (κ2) is 14.0. The minimum Gasteiger partial charge on any atom is -0.309 e. The van der Waals surface area contributed by atoms with E-state index in [0.717, 1.165) is 62.0 Å². The normalized spacial score (nSPS) is 11.8. The SMILES string of the molecule is c1ccc(-c2cc(-c3cccc(-c4cccc(N5c6ccccc6-c6c(n(-c7ccccc7)c7ccccc67)-c6ccccc65)c4)c3)nc(-c3ccccc3)n2)cc1. The van der Waals surface area contributed by atoms with Crippen LogP contribution >= 0.6 is 0 Å². The minimum atomic E-state index is 0.705. The van der Waals surface area contributed by atoms with Crippen LogP contribution in [0, 0.1) is 0 Å². The number of nitrogens with zero attached hydrogens (tertiary/aromatic N) is 4. The Bertz CT molecular complexity index is 3060. The van der Waals surface area contributed by atoms with Crippen molar-refractivity contribution < 1.29 is 0 Å². The van der Waals surface area contributed by atoms with E-state index in [1.54, 1.807) is 0 Å². The second-order valence-electron chi connectivity index (χ2n) is 14.6. The van der Waals surface area contributed by atoms with Gasteiger partial charge in [0, 0.05) is 50.1 Å². The van der Waals surface area contributed by atoms with E-state index in [1.165, 1.54) is 33.3 Å². The van der Waals surface area contributed by atoms with E-state index in [4.69, 9.17) is 9.97 Å². The quantitative estimate of drug-likeness (QED) is 0.170. The van der Waals surface area contributed by atoms with E-state index < -0.39 is 0 Å². The van der Waals surface area contributed by atoms with Crippen LogP contribution in [0.2, 0.25) is 0 Å². The Hall–Kier alpha value is -7.82. The maximum absolute atomic E-state index is 5.13. The Kier molecular flexibility index (Phi) is 8.11. The van der Waals surface area contributed by atoms with Gasteiger partial charge in [-0.1, -0.05) is 164 Å². The average Bonchev–Trinajstić information content (AvgIpc) is 3.59. The number of rotatable bonds is 6. The van der Waals surface area contributed by atoms with Crippen molar-refractivity contribution in [2.45, 2.75) is 0 Å². The summed E-state index contributed by atoms with van der Waals surface area (Å²) in [4.78, 5) is 12.6. The lowest BCUT2D eigenvalue weighted by molar-refractivity contribution is 1.13. The van der Waals surface area contributed by atoms with Crippen molar-refractivity contribution >= 4 is 28.0 Å². The Morgan fingerprint density at radius 3 is 1.62 bits per heavy atom. The monoisotopic (exact) mass is 740 g/mol. The van der Waals surface area contributed by atoms with E-state index in [0.29, 0.717) is 5.82 Å². The molecule has 0 bridgehead atoms. The lowest BCUT2D eigenvalue weighted by Crippen LogP contribution is -2.11. The largest absolute Gasteiger partial charge is 0.309 e. The van der Waals surface area contributed by atoms with Crippen LogP contribution < -0.4 is 4.90 Å². The molecule has 11 rings (SSSR count). The van der Waals surface area contributed by atoms with Gasteiger partial charge in [-0.05, 0) is 65.7 Å².